The summed E-state index contributed by atoms with van der Waals surface area (Å²) in [5, 5.41) is 3.14. The first kappa shape index (κ1) is 13.2. The highest BCUT2D eigenvalue weighted by molar-refractivity contribution is 9.10. The lowest BCUT2D eigenvalue weighted by Crippen LogP contribution is -2.07. The van der Waals surface area contributed by atoms with Gasteiger partial charge in [0.05, 0.1) is 6.54 Å². The number of nitrogens with zero attached hydrogens (tertiary/aromatic N) is 1. The highest BCUT2D eigenvalue weighted by Crippen LogP contribution is 2.16. The zero-order chi connectivity index (χ0) is 12.8. The number of benzene rings is 1. The Balaban J connectivity index is 1.79. The number of aromatic nitrogens is 1. The molecule has 3 nitrogen and oxygen atoms in total. The van der Waals surface area contributed by atoms with Crippen LogP contribution in [-0.2, 0) is 13.1 Å². The minimum atomic E-state index is 0.676. The number of halogens is 1. The average Bonchev–Trinajstić information content (AvgIpc) is 2.80. The molecular formula is C14H17BrN2O. The van der Waals surface area contributed by atoms with E-state index in [2.05, 4.69) is 44.3 Å². The van der Waals surface area contributed by atoms with Crippen LogP contribution >= 0.6 is 15.9 Å². The summed E-state index contributed by atoms with van der Waals surface area (Å²) in [6.07, 6.45) is 4.22. The molecule has 1 heterocycles. The van der Waals surface area contributed by atoms with Gasteiger partial charge < -0.3 is 14.6 Å². The first-order valence-corrected chi connectivity index (χ1v) is 6.75. The van der Waals surface area contributed by atoms with E-state index >= 15 is 0 Å². The van der Waals surface area contributed by atoms with E-state index in [4.69, 9.17) is 4.74 Å². The average molecular weight is 309 g/mol. The molecule has 0 radical (unpaired) electrons. The van der Waals surface area contributed by atoms with Crippen LogP contribution in [0.1, 0.15) is 5.56 Å². The van der Waals surface area contributed by atoms with Gasteiger partial charge in [-0.15, -0.1) is 0 Å². The van der Waals surface area contributed by atoms with Crippen LogP contribution in [0.4, 0.5) is 0 Å². The van der Waals surface area contributed by atoms with E-state index in [-0.39, 0.29) is 0 Å². The lowest BCUT2D eigenvalue weighted by atomic mass is 10.3. The van der Waals surface area contributed by atoms with E-state index < -0.39 is 0 Å². The van der Waals surface area contributed by atoms with Gasteiger partial charge in [0, 0.05) is 23.4 Å². The first-order chi connectivity index (χ1) is 8.78. The molecule has 0 aliphatic heterocycles. The first-order valence-electron chi connectivity index (χ1n) is 5.95. The summed E-state index contributed by atoms with van der Waals surface area (Å²) in [6, 6.07) is 10.0. The Bertz CT molecular complexity index is 479. The molecular weight excluding hydrogens is 292 g/mol. The predicted octanol–water partition coefficient (Wildman–Crippen LogP) is 3.05. The fraction of sp³-hybridized carbons (Fsp3) is 0.286. The van der Waals surface area contributed by atoms with E-state index in [9.17, 15) is 0 Å². The quantitative estimate of drug-likeness (QED) is 0.887. The topological polar surface area (TPSA) is 26.2 Å². The monoisotopic (exact) mass is 308 g/mol. The summed E-state index contributed by atoms with van der Waals surface area (Å²) in [5.41, 5.74) is 1.29. The summed E-state index contributed by atoms with van der Waals surface area (Å²) in [7, 11) is 1.95. The van der Waals surface area contributed by atoms with E-state index in [0.717, 1.165) is 23.3 Å². The van der Waals surface area contributed by atoms with Crippen molar-refractivity contribution in [2.45, 2.75) is 13.1 Å². The summed E-state index contributed by atoms with van der Waals surface area (Å²) in [4.78, 5) is 0. The molecule has 0 aliphatic rings. The van der Waals surface area contributed by atoms with Crippen LogP contribution in [0.3, 0.4) is 0 Å². The molecule has 96 valence electrons. The maximum atomic E-state index is 5.68. The summed E-state index contributed by atoms with van der Waals surface area (Å²) < 4.78 is 8.89. The van der Waals surface area contributed by atoms with Crippen LogP contribution in [0.2, 0.25) is 0 Å². The summed E-state index contributed by atoms with van der Waals surface area (Å²) in [5.74, 6) is 0.904. The number of rotatable bonds is 6. The molecule has 1 aromatic heterocycles. The van der Waals surface area contributed by atoms with Gasteiger partial charge in [-0.05, 0) is 42.9 Å². The van der Waals surface area contributed by atoms with Crippen molar-refractivity contribution in [2.24, 2.45) is 0 Å². The van der Waals surface area contributed by atoms with Crippen molar-refractivity contribution in [3.05, 3.63) is 52.8 Å². The summed E-state index contributed by atoms with van der Waals surface area (Å²) >= 11 is 3.40. The molecule has 0 saturated carbocycles. The second-order valence-electron chi connectivity index (χ2n) is 4.09. The van der Waals surface area contributed by atoms with Gasteiger partial charge in [0.2, 0.25) is 0 Å². The maximum Gasteiger partial charge on any atom is 0.119 e. The fourth-order valence-corrected chi connectivity index (χ4v) is 2.00. The highest BCUT2D eigenvalue weighted by atomic mass is 79.9. The standard InChI is InChI=1S/C14H17BrN2O/c1-16-10-12-6-7-17(11-12)8-9-18-14-4-2-13(15)3-5-14/h2-7,11,16H,8-10H2,1H3. The number of hydrogen-bond donors (Lipinski definition) is 1. The highest BCUT2D eigenvalue weighted by Gasteiger charge is 1.97. The molecule has 2 rings (SSSR count). The van der Waals surface area contributed by atoms with Gasteiger partial charge in [0.15, 0.2) is 0 Å². The fourth-order valence-electron chi connectivity index (χ4n) is 1.74. The van der Waals surface area contributed by atoms with Gasteiger partial charge in [-0.3, -0.25) is 0 Å². The molecule has 0 amide bonds. The van der Waals surface area contributed by atoms with E-state index in [1.54, 1.807) is 0 Å². The van der Waals surface area contributed by atoms with Crippen LogP contribution < -0.4 is 10.1 Å². The lowest BCUT2D eigenvalue weighted by molar-refractivity contribution is 0.298. The Morgan fingerprint density at radius 3 is 2.72 bits per heavy atom. The Morgan fingerprint density at radius 1 is 1.22 bits per heavy atom. The third-order valence-corrected chi connectivity index (χ3v) is 3.15. The molecule has 1 aromatic carbocycles. The molecule has 0 saturated heterocycles. The van der Waals surface area contributed by atoms with Crippen LogP contribution in [0, 0.1) is 0 Å². The Labute approximate surface area is 116 Å². The number of nitrogens with one attached hydrogen (secondary N) is 1. The van der Waals surface area contributed by atoms with Crippen molar-refractivity contribution in [3.63, 3.8) is 0 Å². The third kappa shape index (κ3) is 3.89. The zero-order valence-electron chi connectivity index (χ0n) is 10.4. The van der Waals surface area contributed by atoms with Gasteiger partial charge in [-0.25, -0.2) is 0 Å². The van der Waals surface area contributed by atoms with Crippen LogP contribution in [0.15, 0.2) is 47.2 Å². The van der Waals surface area contributed by atoms with Gasteiger partial charge in [-0.2, -0.15) is 0 Å². The van der Waals surface area contributed by atoms with E-state index in [1.165, 1.54) is 5.56 Å². The molecule has 0 atom stereocenters. The molecule has 4 heteroatoms. The minimum Gasteiger partial charge on any atom is -0.492 e. The number of ether oxygens (including phenoxy) is 1. The SMILES string of the molecule is CNCc1ccn(CCOc2ccc(Br)cc2)c1. The van der Waals surface area contributed by atoms with Gasteiger partial charge >= 0.3 is 0 Å². The lowest BCUT2D eigenvalue weighted by Gasteiger charge is -2.07. The van der Waals surface area contributed by atoms with E-state index in [1.807, 2.05) is 31.3 Å². The molecule has 0 fully saturated rings. The van der Waals surface area contributed by atoms with Crippen molar-refractivity contribution < 1.29 is 4.74 Å². The zero-order valence-corrected chi connectivity index (χ0v) is 12.0. The normalized spacial score (nSPS) is 10.6. The van der Waals surface area contributed by atoms with Crippen LogP contribution in [0.25, 0.3) is 0 Å². The van der Waals surface area contributed by atoms with Crippen LogP contribution in [-0.4, -0.2) is 18.2 Å². The molecule has 0 spiro atoms. The van der Waals surface area contributed by atoms with Crippen molar-refractivity contribution in [3.8, 4) is 5.75 Å². The molecule has 0 aliphatic carbocycles. The maximum absolute atomic E-state index is 5.68. The Hall–Kier alpha value is -1.26. The largest absolute Gasteiger partial charge is 0.492 e. The smallest absolute Gasteiger partial charge is 0.119 e. The summed E-state index contributed by atoms with van der Waals surface area (Å²) in [6.45, 7) is 2.44. The van der Waals surface area contributed by atoms with E-state index in [0.29, 0.717) is 6.61 Å². The van der Waals surface area contributed by atoms with Crippen molar-refractivity contribution in [2.75, 3.05) is 13.7 Å². The molecule has 18 heavy (non-hydrogen) atoms. The molecule has 0 unspecified atom stereocenters. The van der Waals surface area contributed by atoms with Gasteiger partial charge in [0.1, 0.15) is 12.4 Å². The van der Waals surface area contributed by atoms with Crippen molar-refractivity contribution in [1.82, 2.24) is 9.88 Å². The van der Waals surface area contributed by atoms with Crippen molar-refractivity contribution in [1.29, 1.82) is 0 Å². The van der Waals surface area contributed by atoms with Crippen molar-refractivity contribution >= 4 is 15.9 Å². The van der Waals surface area contributed by atoms with Gasteiger partial charge in [0.25, 0.3) is 0 Å². The third-order valence-electron chi connectivity index (χ3n) is 2.62. The Kier molecular flexibility index (Phi) is 4.84. The van der Waals surface area contributed by atoms with Gasteiger partial charge in [-0.1, -0.05) is 15.9 Å². The Morgan fingerprint density at radius 2 is 2.00 bits per heavy atom. The molecule has 0 bridgehead atoms. The predicted molar refractivity (Wildman–Crippen MR) is 76.8 cm³/mol. The molecule has 2 aromatic rings. The second kappa shape index (κ2) is 6.61. The number of hydrogen-bond acceptors (Lipinski definition) is 2. The second-order valence-corrected chi connectivity index (χ2v) is 5.01. The van der Waals surface area contributed by atoms with Crippen LogP contribution in [0.5, 0.6) is 5.75 Å². The minimum absolute atomic E-state index is 0.676. The molecule has 1 N–H and O–H groups in total.